The number of carbonyl (C=O) groups is 2. The van der Waals surface area contributed by atoms with Crippen LogP contribution in [-0.2, 0) is 9.53 Å². The van der Waals surface area contributed by atoms with Gasteiger partial charge in [0, 0.05) is 49.9 Å². The molecule has 23 heavy (non-hydrogen) atoms. The average Bonchev–Trinajstić information content (AvgIpc) is 2.58. The maximum absolute atomic E-state index is 12.4. The van der Waals surface area contributed by atoms with E-state index in [9.17, 15) is 9.59 Å². The molecule has 1 aromatic carbocycles. The topological polar surface area (TPSA) is 58.6 Å². The van der Waals surface area contributed by atoms with Crippen LogP contribution in [0.3, 0.4) is 0 Å². The number of rotatable bonds is 6. The number of nitrogens with zero attached hydrogens (tertiary/aromatic N) is 1. The standard InChI is InChI=1S/C17H23ClN2O3/c1-23-11-3-8-19-16(21)13-6-9-20(10-7-13)17(22)14-4-2-5-15(18)12-14/h2,4-5,12-13H,3,6-11H2,1H3,(H,19,21). The van der Waals surface area contributed by atoms with Crippen molar-refractivity contribution in [2.75, 3.05) is 33.4 Å². The minimum Gasteiger partial charge on any atom is -0.385 e. The lowest BCUT2D eigenvalue weighted by Crippen LogP contribution is -2.43. The highest BCUT2D eigenvalue weighted by atomic mass is 35.5. The number of halogens is 1. The van der Waals surface area contributed by atoms with Crippen LogP contribution >= 0.6 is 11.6 Å². The molecule has 1 N–H and O–H groups in total. The minimum absolute atomic E-state index is 0.0130. The summed E-state index contributed by atoms with van der Waals surface area (Å²) in [4.78, 5) is 26.3. The van der Waals surface area contributed by atoms with Gasteiger partial charge in [0.05, 0.1) is 0 Å². The fourth-order valence-electron chi connectivity index (χ4n) is 2.72. The average molecular weight is 339 g/mol. The van der Waals surface area contributed by atoms with Gasteiger partial charge in [-0.1, -0.05) is 17.7 Å². The van der Waals surface area contributed by atoms with Crippen molar-refractivity contribution in [3.8, 4) is 0 Å². The number of nitrogens with one attached hydrogen (secondary N) is 1. The summed E-state index contributed by atoms with van der Waals surface area (Å²) >= 11 is 5.93. The highest BCUT2D eigenvalue weighted by Crippen LogP contribution is 2.20. The fraction of sp³-hybridized carbons (Fsp3) is 0.529. The molecule has 0 aliphatic carbocycles. The summed E-state index contributed by atoms with van der Waals surface area (Å²) in [5.41, 5.74) is 0.597. The Kier molecular flexibility index (Phi) is 6.86. The van der Waals surface area contributed by atoms with Crippen LogP contribution in [0, 0.1) is 5.92 Å². The fourth-order valence-corrected chi connectivity index (χ4v) is 2.91. The number of amides is 2. The summed E-state index contributed by atoms with van der Waals surface area (Å²) in [5, 5.41) is 3.49. The van der Waals surface area contributed by atoms with E-state index in [-0.39, 0.29) is 17.7 Å². The largest absolute Gasteiger partial charge is 0.385 e. The lowest BCUT2D eigenvalue weighted by Gasteiger charge is -2.31. The van der Waals surface area contributed by atoms with Crippen LogP contribution in [0.1, 0.15) is 29.6 Å². The molecule has 6 heteroatoms. The number of methoxy groups -OCH3 is 1. The van der Waals surface area contributed by atoms with Gasteiger partial charge in [-0.25, -0.2) is 0 Å². The number of benzene rings is 1. The molecular weight excluding hydrogens is 316 g/mol. The molecule has 1 saturated heterocycles. The molecular formula is C17H23ClN2O3. The molecule has 2 amide bonds. The van der Waals surface area contributed by atoms with Crippen molar-refractivity contribution < 1.29 is 14.3 Å². The lowest BCUT2D eigenvalue weighted by atomic mass is 9.95. The van der Waals surface area contributed by atoms with Crippen LogP contribution in [0.15, 0.2) is 24.3 Å². The molecule has 1 fully saturated rings. The Morgan fingerprint density at radius 3 is 2.74 bits per heavy atom. The third kappa shape index (κ3) is 5.22. The van der Waals surface area contributed by atoms with Crippen molar-refractivity contribution in [3.05, 3.63) is 34.9 Å². The molecule has 0 radical (unpaired) electrons. The van der Waals surface area contributed by atoms with Gasteiger partial charge in [-0.15, -0.1) is 0 Å². The molecule has 0 unspecified atom stereocenters. The van der Waals surface area contributed by atoms with Crippen LogP contribution in [0.5, 0.6) is 0 Å². The normalized spacial score (nSPS) is 15.5. The van der Waals surface area contributed by atoms with Gasteiger partial charge in [-0.3, -0.25) is 9.59 Å². The van der Waals surface area contributed by atoms with Gasteiger partial charge in [0.25, 0.3) is 5.91 Å². The summed E-state index contributed by atoms with van der Waals surface area (Å²) in [5.74, 6) is 0.0448. The number of ether oxygens (including phenoxy) is 1. The Bertz CT molecular complexity index is 542. The van der Waals surface area contributed by atoms with Crippen LogP contribution in [-0.4, -0.2) is 50.1 Å². The molecule has 0 bridgehead atoms. The molecule has 1 aliphatic heterocycles. The van der Waals surface area contributed by atoms with Gasteiger partial charge in [0.15, 0.2) is 0 Å². The highest BCUT2D eigenvalue weighted by Gasteiger charge is 2.27. The molecule has 1 heterocycles. The lowest BCUT2D eigenvalue weighted by molar-refractivity contribution is -0.126. The Morgan fingerprint density at radius 1 is 1.35 bits per heavy atom. The van der Waals surface area contributed by atoms with Gasteiger partial charge in [-0.2, -0.15) is 0 Å². The van der Waals surface area contributed by atoms with Crippen molar-refractivity contribution in [1.82, 2.24) is 10.2 Å². The summed E-state index contributed by atoms with van der Waals surface area (Å²) in [7, 11) is 1.65. The molecule has 0 atom stereocenters. The molecule has 0 spiro atoms. The van der Waals surface area contributed by atoms with E-state index in [0.717, 1.165) is 6.42 Å². The predicted molar refractivity (Wildman–Crippen MR) is 89.6 cm³/mol. The quantitative estimate of drug-likeness (QED) is 0.810. The van der Waals surface area contributed by atoms with Crippen molar-refractivity contribution in [3.63, 3.8) is 0 Å². The maximum Gasteiger partial charge on any atom is 0.253 e. The summed E-state index contributed by atoms with van der Waals surface area (Å²) < 4.78 is 4.96. The smallest absolute Gasteiger partial charge is 0.253 e. The van der Waals surface area contributed by atoms with E-state index in [0.29, 0.717) is 49.7 Å². The van der Waals surface area contributed by atoms with Gasteiger partial charge in [-0.05, 0) is 37.5 Å². The van der Waals surface area contributed by atoms with Crippen molar-refractivity contribution in [2.45, 2.75) is 19.3 Å². The molecule has 126 valence electrons. The Labute approximate surface area is 141 Å². The van der Waals surface area contributed by atoms with Gasteiger partial charge in [0.2, 0.25) is 5.91 Å². The van der Waals surface area contributed by atoms with E-state index in [2.05, 4.69) is 5.32 Å². The van der Waals surface area contributed by atoms with E-state index in [4.69, 9.17) is 16.3 Å². The Morgan fingerprint density at radius 2 is 2.09 bits per heavy atom. The number of likely N-dealkylation sites (tertiary alicyclic amines) is 1. The molecule has 0 saturated carbocycles. The zero-order valence-corrected chi connectivity index (χ0v) is 14.1. The predicted octanol–water partition coefficient (Wildman–Crippen LogP) is 2.34. The molecule has 1 aliphatic rings. The number of hydrogen-bond donors (Lipinski definition) is 1. The van der Waals surface area contributed by atoms with Crippen LogP contribution in [0.25, 0.3) is 0 Å². The second-order valence-electron chi connectivity index (χ2n) is 5.71. The van der Waals surface area contributed by atoms with Gasteiger partial charge >= 0.3 is 0 Å². The van der Waals surface area contributed by atoms with Crippen molar-refractivity contribution in [1.29, 1.82) is 0 Å². The third-order valence-electron chi connectivity index (χ3n) is 4.05. The highest BCUT2D eigenvalue weighted by molar-refractivity contribution is 6.30. The number of piperidine rings is 1. The zero-order valence-electron chi connectivity index (χ0n) is 13.4. The maximum atomic E-state index is 12.4. The second kappa shape index (κ2) is 8.89. The van der Waals surface area contributed by atoms with E-state index in [1.54, 1.807) is 36.3 Å². The van der Waals surface area contributed by atoms with Crippen LogP contribution in [0.4, 0.5) is 0 Å². The van der Waals surface area contributed by atoms with Crippen LogP contribution < -0.4 is 5.32 Å². The van der Waals surface area contributed by atoms with Gasteiger partial charge in [0.1, 0.15) is 0 Å². The zero-order chi connectivity index (χ0) is 16.7. The Balaban J connectivity index is 1.79. The SMILES string of the molecule is COCCCNC(=O)C1CCN(C(=O)c2cccc(Cl)c2)CC1. The molecule has 0 aromatic heterocycles. The van der Waals surface area contributed by atoms with E-state index in [1.807, 2.05) is 0 Å². The Hall–Kier alpha value is -1.59. The number of carbonyl (C=O) groups excluding carboxylic acids is 2. The first-order chi connectivity index (χ1) is 11.1. The van der Waals surface area contributed by atoms with E-state index >= 15 is 0 Å². The summed E-state index contributed by atoms with van der Waals surface area (Å²) in [6.07, 6.45) is 2.21. The van der Waals surface area contributed by atoms with E-state index in [1.165, 1.54) is 0 Å². The summed E-state index contributed by atoms with van der Waals surface area (Å²) in [6, 6.07) is 6.97. The first-order valence-electron chi connectivity index (χ1n) is 7.93. The second-order valence-corrected chi connectivity index (χ2v) is 6.15. The van der Waals surface area contributed by atoms with Crippen LogP contribution in [0.2, 0.25) is 5.02 Å². The molecule has 5 nitrogen and oxygen atoms in total. The van der Waals surface area contributed by atoms with Crippen molar-refractivity contribution in [2.24, 2.45) is 5.92 Å². The third-order valence-corrected chi connectivity index (χ3v) is 4.28. The number of hydrogen-bond acceptors (Lipinski definition) is 3. The monoisotopic (exact) mass is 338 g/mol. The summed E-state index contributed by atoms with van der Waals surface area (Å²) in [6.45, 7) is 2.48. The first kappa shape index (κ1) is 17.8. The van der Waals surface area contributed by atoms with Crippen molar-refractivity contribution >= 4 is 23.4 Å². The van der Waals surface area contributed by atoms with Gasteiger partial charge < -0.3 is 15.0 Å². The minimum atomic E-state index is -0.0218. The molecule has 2 rings (SSSR count). The molecule has 1 aromatic rings. The first-order valence-corrected chi connectivity index (χ1v) is 8.31. The van der Waals surface area contributed by atoms with E-state index < -0.39 is 0 Å².